The zero-order valence-electron chi connectivity index (χ0n) is 28.2. The molecule has 2 unspecified atom stereocenters. The highest BCUT2D eigenvalue weighted by Crippen LogP contribution is 2.32. The fourth-order valence-corrected chi connectivity index (χ4v) is 6.06. The van der Waals surface area contributed by atoms with Gasteiger partial charge in [0.15, 0.2) is 0 Å². The van der Waals surface area contributed by atoms with Gasteiger partial charge in [0.1, 0.15) is 35.5 Å². The van der Waals surface area contributed by atoms with E-state index < -0.39 is 29.4 Å². The smallest absolute Gasteiger partial charge is 0.145 e. The molecule has 10 heteroatoms. The van der Waals surface area contributed by atoms with Crippen molar-refractivity contribution in [1.82, 2.24) is 19.2 Å². The van der Waals surface area contributed by atoms with E-state index in [0.717, 1.165) is 39.5 Å². The van der Waals surface area contributed by atoms with Crippen LogP contribution in [0.4, 0.5) is 17.6 Å². The van der Waals surface area contributed by atoms with Crippen molar-refractivity contribution in [3.05, 3.63) is 168 Å². The fraction of sp³-hybridized carbons (Fsp3) is 0.0455. The lowest BCUT2D eigenvalue weighted by Gasteiger charge is -2.11. The molecule has 0 aliphatic rings. The van der Waals surface area contributed by atoms with Gasteiger partial charge in [0.05, 0.1) is 28.0 Å². The number of benzene rings is 4. The first kappa shape index (κ1) is 35.4. The molecule has 2 N–H and O–H groups in total. The molecule has 2 atom stereocenters. The monoisotopic (exact) mass is 720 g/mol. The predicted molar refractivity (Wildman–Crippen MR) is 200 cm³/mol. The van der Waals surface area contributed by atoms with E-state index in [1.54, 1.807) is 57.7 Å². The van der Waals surface area contributed by atoms with Gasteiger partial charge in [0.25, 0.3) is 0 Å². The maximum Gasteiger partial charge on any atom is 0.145 e. The summed E-state index contributed by atoms with van der Waals surface area (Å²) in [6, 6.07) is 33.0. The molecule has 0 saturated carbocycles. The maximum atomic E-state index is 14.8. The van der Waals surface area contributed by atoms with E-state index in [9.17, 15) is 27.8 Å². The molecule has 4 aromatic heterocycles. The Balaban J connectivity index is 0.000000167. The fourth-order valence-electron chi connectivity index (χ4n) is 6.06. The number of aliphatic hydroxyl groups excluding tert-OH is 2. The van der Waals surface area contributed by atoms with Gasteiger partial charge in [-0.05, 0) is 114 Å². The number of pyridine rings is 2. The highest BCUT2D eigenvalue weighted by Gasteiger charge is 2.21. The Morgan fingerprint density at radius 3 is 1.56 bits per heavy atom. The minimum absolute atomic E-state index is 0.109. The first-order valence-corrected chi connectivity index (χ1v) is 16.5. The number of rotatable bonds is 6. The molecule has 264 valence electrons. The Kier molecular flexibility index (Phi) is 9.80. The molecular weight excluding hydrogens is 693 g/mol. The van der Waals surface area contributed by atoms with Gasteiger partial charge in [-0.25, -0.2) is 26.6 Å². The summed E-state index contributed by atoms with van der Waals surface area (Å²) in [5, 5.41) is 28.8. The summed E-state index contributed by atoms with van der Waals surface area (Å²) in [6.07, 6.45) is 11.3. The quantitative estimate of drug-likeness (QED) is 0.133. The summed E-state index contributed by atoms with van der Waals surface area (Å²) in [5.41, 5.74) is 7.07. The molecular formula is C44H28F4N4O2. The van der Waals surface area contributed by atoms with Gasteiger partial charge in [-0.15, -0.1) is 12.8 Å². The third kappa shape index (κ3) is 7.08. The molecule has 0 amide bonds. The van der Waals surface area contributed by atoms with Gasteiger partial charge < -0.3 is 10.2 Å². The van der Waals surface area contributed by atoms with Crippen LogP contribution in [0.15, 0.2) is 134 Å². The topological polar surface area (TPSA) is 75.1 Å². The van der Waals surface area contributed by atoms with Gasteiger partial charge in [0.2, 0.25) is 0 Å². The van der Waals surface area contributed by atoms with E-state index in [1.165, 1.54) is 30.3 Å². The molecule has 0 fully saturated rings. The zero-order valence-corrected chi connectivity index (χ0v) is 28.2. The van der Waals surface area contributed by atoms with E-state index >= 15 is 0 Å². The highest BCUT2D eigenvalue weighted by atomic mass is 19.1. The van der Waals surface area contributed by atoms with Gasteiger partial charge in [-0.3, -0.25) is 0 Å². The van der Waals surface area contributed by atoms with E-state index in [-0.39, 0.29) is 17.2 Å². The van der Waals surface area contributed by atoms with Crippen molar-refractivity contribution in [3.8, 4) is 69.5 Å². The lowest BCUT2D eigenvalue weighted by molar-refractivity contribution is 0.227. The van der Waals surface area contributed by atoms with Crippen LogP contribution in [0.3, 0.4) is 0 Å². The number of terminal acetylenes is 2. The molecule has 8 aromatic rings. The van der Waals surface area contributed by atoms with Crippen molar-refractivity contribution in [3.63, 3.8) is 0 Å². The first-order valence-electron chi connectivity index (χ1n) is 16.5. The van der Waals surface area contributed by atoms with Gasteiger partial charge in [-0.2, -0.15) is 10.2 Å². The second-order valence-electron chi connectivity index (χ2n) is 12.2. The van der Waals surface area contributed by atoms with Crippen LogP contribution in [0.1, 0.15) is 23.3 Å². The molecule has 8 rings (SSSR count). The molecule has 0 spiro atoms. The molecule has 0 saturated heterocycles. The van der Waals surface area contributed by atoms with E-state index in [1.807, 2.05) is 54.6 Å². The van der Waals surface area contributed by atoms with Gasteiger partial charge >= 0.3 is 0 Å². The van der Waals surface area contributed by atoms with Gasteiger partial charge in [-0.1, -0.05) is 36.1 Å². The zero-order chi connectivity index (χ0) is 37.9. The summed E-state index contributed by atoms with van der Waals surface area (Å²) < 4.78 is 58.3. The number of halogens is 4. The van der Waals surface area contributed by atoms with E-state index in [2.05, 4.69) is 16.1 Å². The summed E-state index contributed by atoms with van der Waals surface area (Å²) >= 11 is 0. The van der Waals surface area contributed by atoms with Crippen molar-refractivity contribution in [1.29, 1.82) is 0 Å². The van der Waals surface area contributed by atoms with Crippen molar-refractivity contribution < 1.29 is 27.8 Å². The number of fused-ring (bicyclic) bond motifs is 2. The Bertz CT molecular complexity index is 2720. The van der Waals surface area contributed by atoms with Crippen molar-refractivity contribution in [2.75, 3.05) is 0 Å². The lowest BCUT2D eigenvalue weighted by atomic mass is 9.97. The van der Waals surface area contributed by atoms with Crippen molar-refractivity contribution in [2.45, 2.75) is 12.2 Å². The number of aromatic nitrogens is 4. The summed E-state index contributed by atoms with van der Waals surface area (Å²) in [5.74, 6) is 1.87. The van der Waals surface area contributed by atoms with Crippen molar-refractivity contribution >= 4 is 11.0 Å². The third-order valence-corrected chi connectivity index (χ3v) is 8.80. The average molecular weight is 721 g/mol. The molecule has 4 aromatic carbocycles. The Morgan fingerprint density at radius 2 is 1.04 bits per heavy atom. The van der Waals surface area contributed by atoms with Crippen LogP contribution in [-0.2, 0) is 0 Å². The van der Waals surface area contributed by atoms with E-state index in [4.69, 9.17) is 12.8 Å². The second-order valence-corrected chi connectivity index (χ2v) is 12.2. The largest absolute Gasteiger partial charge is 0.376 e. The Labute approximate surface area is 307 Å². The van der Waals surface area contributed by atoms with Gasteiger partial charge in [0, 0.05) is 34.6 Å². The third-order valence-electron chi connectivity index (χ3n) is 8.80. The summed E-state index contributed by atoms with van der Waals surface area (Å²) in [7, 11) is 0. The summed E-state index contributed by atoms with van der Waals surface area (Å²) in [6.45, 7) is 0. The van der Waals surface area contributed by atoms with Crippen LogP contribution in [0, 0.1) is 48.0 Å². The number of nitrogens with zero attached hydrogens (tertiary/aromatic N) is 4. The molecule has 0 aliphatic carbocycles. The number of aliphatic hydroxyl groups is 2. The van der Waals surface area contributed by atoms with Crippen molar-refractivity contribution in [2.24, 2.45) is 0 Å². The Hall–Kier alpha value is -6.98. The number of hydrogen-bond acceptors (Lipinski definition) is 4. The average Bonchev–Trinajstić information content (AvgIpc) is 3.82. The second kappa shape index (κ2) is 14.9. The van der Waals surface area contributed by atoms with Crippen LogP contribution in [0.5, 0.6) is 0 Å². The minimum Gasteiger partial charge on any atom is -0.376 e. The van der Waals surface area contributed by atoms with Crippen LogP contribution < -0.4 is 0 Å². The SMILES string of the molecule is C#CC(O)c1c(F)ccc(-c2ccn3nc(-c4ccc(F)cc4)cc3c2)c1F.C#CC(O)c1ccccc1-c1ccn2nc(-c3ccc(F)cc3)cc2c1. The maximum absolute atomic E-state index is 14.8. The normalized spacial score (nSPS) is 12.1. The minimum atomic E-state index is -1.68. The lowest BCUT2D eigenvalue weighted by Crippen LogP contribution is -2.03. The predicted octanol–water partition coefficient (Wildman–Crippen LogP) is 9.23. The standard InChI is InChI=1S/C22H13F3N2O.C22H15FN2O/c1-2-20(28)21-18(24)8-7-17(22(21)25)14-9-10-27-16(11-14)12-19(26-27)13-3-5-15(23)6-4-13;1-2-22(26)20-6-4-3-5-19(20)16-11-12-25-18(13-16)14-21(24-25)15-7-9-17(23)10-8-15/h1,3-12,20,28H;1,3-14,22,26H. The molecule has 54 heavy (non-hydrogen) atoms. The molecule has 4 heterocycles. The number of hydrogen-bond donors (Lipinski definition) is 2. The van der Waals surface area contributed by atoms with Crippen LogP contribution in [-0.4, -0.2) is 29.4 Å². The van der Waals surface area contributed by atoms with Crippen LogP contribution >= 0.6 is 0 Å². The van der Waals surface area contributed by atoms with E-state index in [0.29, 0.717) is 22.3 Å². The molecule has 6 nitrogen and oxygen atoms in total. The Morgan fingerprint density at radius 1 is 0.537 bits per heavy atom. The molecule has 0 aliphatic heterocycles. The van der Waals surface area contributed by atoms with Crippen LogP contribution in [0.2, 0.25) is 0 Å². The van der Waals surface area contributed by atoms with Crippen LogP contribution in [0.25, 0.3) is 55.8 Å². The molecule has 0 bridgehead atoms. The summed E-state index contributed by atoms with van der Waals surface area (Å²) in [4.78, 5) is 0. The highest BCUT2D eigenvalue weighted by molar-refractivity contribution is 5.76. The molecule has 0 radical (unpaired) electrons. The first-order chi connectivity index (χ1) is 26.1.